The number of carbonyl (C=O) groups is 1. The van der Waals surface area contributed by atoms with E-state index in [1.165, 1.54) is 10.6 Å². The maximum Gasteiger partial charge on any atom is 0.333 e. The topological polar surface area (TPSA) is 106 Å². The number of nitrogens with zero attached hydrogens (tertiary/aromatic N) is 3. The Hall–Kier alpha value is -2.98. The minimum atomic E-state index is -1.15. The van der Waals surface area contributed by atoms with Gasteiger partial charge in [0.15, 0.2) is 0 Å². The molecule has 2 aliphatic rings. The zero-order chi connectivity index (χ0) is 25.9. The molecule has 1 aliphatic carbocycles. The van der Waals surface area contributed by atoms with Gasteiger partial charge < -0.3 is 10.4 Å². The van der Waals surface area contributed by atoms with Crippen molar-refractivity contribution in [1.29, 1.82) is 0 Å². The van der Waals surface area contributed by atoms with Gasteiger partial charge in [0.1, 0.15) is 17.6 Å². The number of hydrogen-bond acceptors (Lipinski definition) is 6. The lowest BCUT2D eigenvalue weighted by Crippen LogP contribution is -2.47. The Labute approximate surface area is 217 Å². The second-order valence-electron chi connectivity index (χ2n) is 9.92. The maximum atomic E-state index is 14.1. The van der Waals surface area contributed by atoms with E-state index < -0.39 is 23.4 Å². The summed E-state index contributed by atoms with van der Waals surface area (Å²) in [5.41, 5.74) is 0.222. The molecular weight excluding hydrogens is 495 g/mol. The van der Waals surface area contributed by atoms with Crippen LogP contribution in [-0.4, -0.2) is 48.8 Å². The number of nitrogens with one attached hydrogen (secondary N) is 1. The van der Waals surface area contributed by atoms with Gasteiger partial charge in [-0.05, 0) is 61.7 Å². The first-order valence-corrected chi connectivity index (χ1v) is 14.0. The van der Waals surface area contributed by atoms with E-state index in [1.54, 1.807) is 4.57 Å². The van der Waals surface area contributed by atoms with Crippen LogP contribution < -0.4 is 16.6 Å². The lowest BCUT2D eigenvalue weighted by Gasteiger charge is -2.32. The number of fused-ring (bicyclic) bond motifs is 1. The molecule has 2 aromatic heterocycles. The predicted molar refractivity (Wildman–Crippen MR) is 141 cm³/mol. The minimum absolute atomic E-state index is 0.0807. The summed E-state index contributed by atoms with van der Waals surface area (Å²) in [6.07, 6.45) is 3.90. The number of pyridine rings is 1. The van der Waals surface area contributed by atoms with Crippen molar-refractivity contribution in [1.82, 2.24) is 19.4 Å². The SMILES string of the molecule is O=C(NC1CCC(n2c(=O)c3cc(F)cnc3n(C3CCSCC3)c2=O)CC1)[C@@H](O)Cc1ccccc1. The van der Waals surface area contributed by atoms with Gasteiger partial charge in [-0.1, -0.05) is 30.3 Å². The molecular formula is C27H31FN4O4S. The van der Waals surface area contributed by atoms with Gasteiger partial charge in [0.05, 0.1) is 11.6 Å². The van der Waals surface area contributed by atoms with Gasteiger partial charge in [-0.3, -0.25) is 18.7 Å². The van der Waals surface area contributed by atoms with Crippen LogP contribution in [0.25, 0.3) is 11.0 Å². The molecule has 1 aliphatic heterocycles. The average Bonchev–Trinajstić information content (AvgIpc) is 2.91. The highest BCUT2D eigenvalue weighted by Gasteiger charge is 2.30. The number of hydrogen-bond donors (Lipinski definition) is 2. The van der Waals surface area contributed by atoms with E-state index in [-0.39, 0.29) is 41.3 Å². The third kappa shape index (κ3) is 5.50. The Morgan fingerprint density at radius 1 is 1.05 bits per heavy atom. The summed E-state index contributed by atoms with van der Waals surface area (Å²) in [6.45, 7) is 0. The summed E-state index contributed by atoms with van der Waals surface area (Å²) in [7, 11) is 0. The lowest BCUT2D eigenvalue weighted by atomic mass is 9.90. The number of thioether (sulfide) groups is 1. The summed E-state index contributed by atoms with van der Waals surface area (Å²) >= 11 is 1.83. The van der Waals surface area contributed by atoms with E-state index in [9.17, 15) is 23.9 Å². The molecule has 0 spiro atoms. The molecule has 0 bridgehead atoms. The molecule has 10 heteroatoms. The Morgan fingerprint density at radius 2 is 1.73 bits per heavy atom. The highest BCUT2D eigenvalue weighted by Crippen LogP contribution is 2.30. The van der Waals surface area contributed by atoms with Crippen LogP contribution in [0.3, 0.4) is 0 Å². The van der Waals surface area contributed by atoms with Crippen LogP contribution in [-0.2, 0) is 11.2 Å². The Bertz CT molecular complexity index is 1380. The van der Waals surface area contributed by atoms with Crippen molar-refractivity contribution in [2.45, 2.75) is 69.2 Å². The molecule has 1 amide bonds. The Balaban J connectivity index is 1.34. The number of rotatable bonds is 6. The van der Waals surface area contributed by atoms with Gasteiger partial charge in [-0.2, -0.15) is 11.8 Å². The number of aliphatic hydroxyl groups excluding tert-OH is 1. The zero-order valence-electron chi connectivity index (χ0n) is 20.5. The number of halogens is 1. The van der Waals surface area contributed by atoms with Crippen LogP contribution in [0.4, 0.5) is 4.39 Å². The van der Waals surface area contributed by atoms with Crippen molar-refractivity contribution in [2.75, 3.05) is 11.5 Å². The second kappa shape index (κ2) is 11.2. The van der Waals surface area contributed by atoms with Crippen molar-refractivity contribution in [2.24, 2.45) is 0 Å². The smallest absolute Gasteiger partial charge is 0.333 e. The fourth-order valence-electron chi connectivity index (χ4n) is 5.50. The Morgan fingerprint density at radius 3 is 2.43 bits per heavy atom. The third-order valence-corrected chi connectivity index (χ3v) is 8.51. The number of aromatic nitrogens is 3. The summed E-state index contributed by atoms with van der Waals surface area (Å²) < 4.78 is 17.0. The van der Waals surface area contributed by atoms with Crippen LogP contribution >= 0.6 is 11.8 Å². The molecule has 37 heavy (non-hydrogen) atoms. The summed E-state index contributed by atoms with van der Waals surface area (Å²) in [6, 6.07) is 9.93. The van der Waals surface area contributed by atoms with E-state index >= 15 is 0 Å². The van der Waals surface area contributed by atoms with Crippen molar-refractivity contribution < 1.29 is 14.3 Å². The fourth-order valence-corrected chi connectivity index (χ4v) is 6.59. The first-order chi connectivity index (χ1) is 17.9. The van der Waals surface area contributed by atoms with Gasteiger partial charge in [-0.25, -0.2) is 14.2 Å². The van der Waals surface area contributed by atoms with Gasteiger partial charge in [0.25, 0.3) is 5.56 Å². The van der Waals surface area contributed by atoms with E-state index in [0.29, 0.717) is 25.7 Å². The molecule has 5 rings (SSSR count). The van der Waals surface area contributed by atoms with Crippen molar-refractivity contribution in [3.05, 3.63) is 74.8 Å². The maximum absolute atomic E-state index is 14.1. The van der Waals surface area contributed by atoms with Crippen LogP contribution in [0.5, 0.6) is 0 Å². The first-order valence-electron chi connectivity index (χ1n) is 12.8. The normalized spacial score (nSPS) is 21.6. The molecule has 3 heterocycles. The molecule has 2 N–H and O–H groups in total. The first kappa shape index (κ1) is 25.7. The van der Waals surface area contributed by atoms with Gasteiger partial charge in [0.2, 0.25) is 5.91 Å². The zero-order valence-corrected chi connectivity index (χ0v) is 21.3. The summed E-state index contributed by atoms with van der Waals surface area (Å²) in [5.74, 6) is 0.801. The minimum Gasteiger partial charge on any atom is -0.383 e. The highest BCUT2D eigenvalue weighted by atomic mass is 32.2. The Kier molecular flexibility index (Phi) is 7.76. The van der Waals surface area contributed by atoms with Gasteiger partial charge in [-0.15, -0.1) is 0 Å². The van der Waals surface area contributed by atoms with E-state index in [4.69, 9.17) is 0 Å². The van der Waals surface area contributed by atoms with Crippen LogP contribution in [0.1, 0.15) is 56.2 Å². The third-order valence-electron chi connectivity index (χ3n) is 7.46. The largest absolute Gasteiger partial charge is 0.383 e. The van der Waals surface area contributed by atoms with Crippen LogP contribution in [0, 0.1) is 5.82 Å². The molecule has 1 aromatic carbocycles. The molecule has 2 fully saturated rings. The van der Waals surface area contributed by atoms with Crippen molar-refractivity contribution in [3.8, 4) is 0 Å². The van der Waals surface area contributed by atoms with E-state index in [1.807, 2.05) is 42.1 Å². The fraction of sp³-hybridized carbons (Fsp3) is 0.481. The number of amides is 1. The molecule has 0 unspecified atom stereocenters. The molecule has 8 nitrogen and oxygen atoms in total. The molecule has 196 valence electrons. The van der Waals surface area contributed by atoms with Gasteiger partial charge >= 0.3 is 5.69 Å². The average molecular weight is 527 g/mol. The standard InChI is InChI=1S/C27H31FN4O4S/c28-18-15-22-24(29-16-18)31(21-10-12-37-13-11-21)27(36)32(26(22)35)20-8-6-19(7-9-20)30-25(34)23(33)14-17-4-2-1-3-5-17/h1-5,15-16,19-21,23,33H,6-14H2,(H,30,34)/t19?,20?,23-/m0/s1. The summed E-state index contributed by atoms with van der Waals surface area (Å²) in [5, 5.41) is 13.4. The van der Waals surface area contributed by atoms with Crippen molar-refractivity contribution >= 4 is 28.7 Å². The molecule has 1 atom stereocenters. The highest BCUT2D eigenvalue weighted by molar-refractivity contribution is 7.99. The molecule has 0 radical (unpaired) electrons. The van der Waals surface area contributed by atoms with E-state index in [2.05, 4.69) is 10.3 Å². The second-order valence-corrected chi connectivity index (χ2v) is 11.1. The quantitative estimate of drug-likeness (QED) is 0.512. The van der Waals surface area contributed by atoms with Gasteiger partial charge in [0, 0.05) is 24.5 Å². The monoisotopic (exact) mass is 526 g/mol. The lowest BCUT2D eigenvalue weighted by molar-refractivity contribution is -0.130. The number of aliphatic hydroxyl groups is 1. The van der Waals surface area contributed by atoms with E-state index in [0.717, 1.165) is 36.1 Å². The molecule has 1 saturated carbocycles. The van der Waals surface area contributed by atoms with Crippen LogP contribution in [0.15, 0.2) is 52.2 Å². The number of carbonyl (C=O) groups excluding carboxylic acids is 1. The number of benzene rings is 1. The predicted octanol–water partition coefficient (Wildman–Crippen LogP) is 2.97. The van der Waals surface area contributed by atoms with Crippen LogP contribution in [0.2, 0.25) is 0 Å². The van der Waals surface area contributed by atoms with Crippen molar-refractivity contribution in [3.63, 3.8) is 0 Å². The summed E-state index contributed by atoms with van der Waals surface area (Å²) in [4.78, 5) is 43.8. The molecule has 3 aromatic rings. The molecule has 1 saturated heterocycles.